The molecular weight excluding hydrogens is 310 g/mol. The van der Waals surface area contributed by atoms with Crippen LogP contribution in [0.2, 0.25) is 0 Å². The van der Waals surface area contributed by atoms with E-state index < -0.39 is 0 Å². The van der Waals surface area contributed by atoms with Crippen LogP contribution in [0.5, 0.6) is 0 Å². The van der Waals surface area contributed by atoms with Gasteiger partial charge in [-0.1, -0.05) is 23.5 Å². The minimum atomic E-state index is -0.0400. The fraction of sp³-hybridized carbons (Fsp3) is 0.455. The van der Waals surface area contributed by atoms with Crippen molar-refractivity contribution >= 4 is 29.4 Å². The Balaban J connectivity index is 1.63. The first kappa shape index (κ1) is 15.7. The van der Waals surface area contributed by atoms with E-state index in [9.17, 15) is 4.79 Å². The maximum Gasteiger partial charge on any atom is 0.230 e. The lowest BCUT2D eigenvalue weighted by molar-refractivity contribution is -0.118. The maximum atomic E-state index is 11.7. The Morgan fingerprint density at radius 2 is 2.29 bits per heavy atom. The van der Waals surface area contributed by atoms with Crippen molar-refractivity contribution in [2.45, 2.75) is 17.2 Å². The van der Waals surface area contributed by atoms with Gasteiger partial charge in [0, 0.05) is 31.2 Å². The zero-order chi connectivity index (χ0) is 15.1. The van der Waals surface area contributed by atoms with Crippen LogP contribution in [-0.2, 0) is 11.8 Å². The molecular formula is C11H15N7OS2. The minimum Gasteiger partial charge on any atom is -0.355 e. The van der Waals surface area contributed by atoms with Gasteiger partial charge in [-0.15, -0.1) is 5.10 Å². The van der Waals surface area contributed by atoms with Crippen LogP contribution in [0.4, 0.5) is 0 Å². The number of rotatable bonds is 7. The maximum absolute atomic E-state index is 11.7. The van der Waals surface area contributed by atoms with Gasteiger partial charge in [0.2, 0.25) is 11.1 Å². The summed E-state index contributed by atoms with van der Waals surface area (Å²) >= 11 is 2.82. The fourth-order valence-electron chi connectivity index (χ4n) is 1.35. The Kier molecular flexibility index (Phi) is 5.93. The smallest absolute Gasteiger partial charge is 0.230 e. The Hall–Kier alpha value is -1.68. The molecule has 2 heterocycles. The van der Waals surface area contributed by atoms with Crippen LogP contribution in [0, 0.1) is 6.92 Å². The van der Waals surface area contributed by atoms with E-state index in [1.807, 2.05) is 13.0 Å². The fourth-order valence-corrected chi connectivity index (χ4v) is 2.76. The van der Waals surface area contributed by atoms with Crippen molar-refractivity contribution < 1.29 is 4.79 Å². The third kappa shape index (κ3) is 5.31. The second-order valence-electron chi connectivity index (χ2n) is 4.05. The molecule has 1 amide bonds. The van der Waals surface area contributed by atoms with Crippen LogP contribution in [0.1, 0.15) is 5.69 Å². The van der Waals surface area contributed by atoms with E-state index in [1.165, 1.54) is 23.5 Å². The Morgan fingerprint density at radius 3 is 3.00 bits per heavy atom. The Morgan fingerprint density at radius 1 is 1.43 bits per heavy atom. The Bertz CT molecular complexity index is 604. The number of hydrogen-bond donors (Lipinski definition) is 1. The van der Waals surface area contributed by atoms with E-state index >= 15 is 0 Å². The summed E-state index contributed by atoms with van der Waals surface area (Å²) in [6.07, 6.45) is 1.69. The molecule has 2 aromatic rings. The monoisotopic (exact) mass is 325 g/mol. The van der Waals surface area contributed by atoms with Crippen LogP contribution in [-0.4, -0.2) is 54.1 Å². The molecule has 1 N–H and O–H groups in total. The molecule has 0 bridgehead atoms. The highest BCUT2D eigenvalue weighted by Crippen LogP contribution is 2.12. The number of carbonyl (C=O) groups is 1. The number of carbonyl (C=O) groups excluding carboxylic acids is 1. The van der Waals surface area contributed by atoms with E-state index in [2.05, 4.69) is 30.8 Å². The van der Waals surface area contributed by atoms with E-state index in [4.69, 9.17) is 0 Å². The van der Waals surface area contributed by atoms with Gasteiger partial charge in [0.1, 0.15) is 0 Å². The number of nitrogens with zero attached hydrogens (tertiary/aromatic N) is 6. The molecule has 0 aromatic carbocycles. The van der Waals surface area contributed by atoms with Gasteiger partial charge in [0.05, 0.1) is 5.75 Å². The van der Waals surface area contributed by atoms with E-state index in [0.717, 1.165) is 10.9 Å². The van der Waals surface area contributed by atoms with Gasteiger partial charge in [-0.25, -0.2) is 14.6 Å². The number of nitrogens with one attached hydrogen (secondary N) is 1. The van der Waals surface area contributed by atoms with Crippen molar-refractivity contribution in [2.75, 3.05) is 18.1 Å². The molecule has 112 valence electrons. The van der Waals surface area contributed by atoms with Gasteiger partial charge in [-0.05, 0) is 23.4 Å². The van der Waals surface area contributed by atoms with Crippen LogP contribution in [0.3, 0.4) is 0 Å². The average Bonchev–Trinajstić information content (AvgIpc) is 2.87. The number of amides is 1. The van der Waals surface area contributed by atoms with Gasteiger partial charge < -0.3 is 5.32 Å². The standard InChI is InChI=1S/C11H15N7OS2/c1-8-3-4-13-10(14-8)21-7-9(19)12-5-6-20-11-15-16-17-18(11)2/h3-4H,5-7H2,1-2H3,(H,12,19). The number of tetrazole rings is 1. The molecule has 0 atom stereocenters. The summed E-state index contributed by atoms with van der Waals surface area (Å²) in [6.45, 7) is 2.45. The summed E-state index contributed by atoms with van der Waals surface area (Å²) < 4.78 is 1.59. The van der Waals surface area contributed by atoms with Gasteiger partial charge >= 0.3 is 0 Å². The zero-order valence-electron chi connectivity index (χ0n) is 11.7. The van der Waals surface area contributed by atoms with Crippen LogP contribution in [0.25, 0.3) is 0 Å². The summed E-state index contributed by atoms with van der Waals surface area (Å²) in [5, 5.41) is 15.3. The highest BCUT2D eigenvalue weighted by Gasteiger charge is 2.06. The molecule has 10 heteroatoms. The summed E-state index contributed by atoms with van der Waals surface area (Å²) in [5.74, 6) is 0.979. The lowest BCUT2D eigenvalue weighted by atomic mass is 10.5. The molecule has 8 nitrogen and oxygen atoms in total. The second kappa shape index (κ2) is 7.93. The number of hydrogen-bond acceptors (Lipinski definition) is 8. The molecule has 0 radical (unpaired) electrons. The van der Waals surface area contributed by atoms with Crippen molar-refractivity contribution in [3.05, 3.63) is 18.0 Å². The predicted molar refractivity (Wildman–Crippen MR) is 80.0 cm³/mol. The van der Waals surface area contributed by atoms with Crippen molar-refractivity contribution in [3.63, 3.8) is 0 Å². The molecule has 0 aliphatic heterocycles. The van der Waals surface area contributed by atoms with Crippen LogP contribution in [0.15, 0.2) is 22.6 Å². The molecule has 0 fully saturated rings. The summed E-state index contributed by atoms with van der Waals surface area (Å²) in [5.41, 5.74) is 0.890. The molecule has 0 spiro atoms. The highest BCUT2D eigenvalue weighted by atomic mass is 32.2. The third-order valence-corrected chi connectivity index (χ3v) is 4.22. The molecule has 0 saturated heterocycles. The van der Waals surface area contributed by atoms with E-state index in [1.54, 1.807) is 17.9 Å². The van der Waals surface area contributed by atoms with Crippen molar-refractivity contribution in [2.24, 2.45) is 7.05 Å². The summed E-state index contributed by atoms with van der Waals surface area (Å²) in [7, 11) is 1.78. The minimum absolute atomic E-state index is 0.0400. The van der Waals surface area contributed by atoms with Crippen LogP contribution >= 0.6 is 23.5 Å². The summed E-state index contributed by atoms with van der Waals surface area (Å²) in [4.78, 5) is 20.0. The third-order valence-electron chi connectivity index (χ3n) is 2.34. The highest BCUT2D eigenvalue weighted by molar-refractivity contribution is 7.99. The molecule has 0 unspecified atom stereocenters. The molecule has 0 saturated carbocycles. The molecule has 0 aliphatic rings. The SMILES string of the molecule is Cc1ccnc(SCC(=O)NCCSc2nnnn2C)n1. The second-order valence-corrected chi connectivity index (χ2v) is 6.06. The van der Waals surface area contributed by atoms with E-state index in [0.29, 0.717) is 23.2 Å². The van der Waals surface area contributed by atoms with E-state index in [-0.39, 0.29) is 5.91 Å². The lowest BCUT2D eigenvalue weighted by Crippen LogP contribution is -2.27. The molecule has 21 heavy (non-hydrogen) atoms. The van der Waals surface area contributed by atoms with Gasteiger partial charge in [-0.3, -0.25) is 4.79 Å². The number of aryl methyl sites for hydroxylation is 2. The topological polar surface area (TPSA) is 98.5 Å². The zero-order valence-corrected chi connectivity index (χ0v) is 13.3. The normalized spacial score (nSPS) is 10.6. The van der Waals surface area contributed by atoms with Gasteiger partial charge in [-0.2, -0.15) is 0 Å². The lowest BCUT2D eigenvalue weighted by Gasteiger charge is -2.04. The largest absolute Gasteiger partial charge is 0.355 e. The van der Waals surface area contributed by atoms with Crippen molar-refractivity contribution in [1.29, 1.82) is 0 Å². The first-order valence-corrected chi connectivity index (χ1v) is 8.16. The molecule has 2 aromatic heterocycles. The van der Waals surface area contributed by atoms with Crippen LogP contribution < -0.4 is 5.32 Å². The first-order valence-electron chi connectivity index (χ1n) is 6.19. The quantitative estimate of drug-likeness (QED) is 0.441. The number of aromatic nitrogens is 6. The first-order chi connectivity index (χ1) is 10.1. The van der Waals surface area contributed by atoms with Crippen molar-refractivity contribution in [3.8, 4) is 0 Å². The van der Waals surface area contributed by atoms with Gasteiger partial charge in [0.15, 0.2) is 5.16 Å². The average molecular weight is 325 g/mol. The molecule has 2 rings (SSSR count). The van der Waals surface area contributed by atoms with Gasteiger partial charge in [0.25, 0.3) is 0 Å². The molecule has 0 aliphatic carbocycles. The summed E-state index contributed by atoms with van der Waals surface area (Å²) in [6, 6.07) is 1.82. The Labute approximate surface area is 130 Å². The predicted octanol–water partition coefficient (Wildman–Crippen LogP) is 0.309. The number of thioether (sulfide) groups is 2. The van der Waals surface area contributed by atoms with Crippen molar-refractivity contribution in [1.82, 2.24) is 35.5 Å².